The summed E-state index contributed by atoms with van der Waals surface area (Å²) in [6.45, 7) is 5.07. The van der Waals surface area contributed by atoms with E-state index in [0.717, 1.165) is 6.07 Å². The van der Waals surface area contributed by atoms with Crippen molar-refractivity contribution in [3.63, 3.8) is 0 Å². The lowest BCUT2D eigenvalue weighted by molar-refractivity contribution is -0.142. The number of nitrogen functional groups attached to an aromatic ring is 1. The summed E-state index contributed by atoms with van der Waals surface area (Å²) >= 11 is 0. The Bertz CT molecular complexity index is 509. The Morgan fingerprint density at radius 3 is 2.37 bits per heavy atom. The van der Waals surface area contributed by atoms with Gasteiger partial charge in [-0.15, -0.1) is 0 Å². The average molecular weight is 268 g/mol. The van der Waals surface area contributed by atoms with Crippen LogP contribution in [0, 0.1) is 11.2 Å². The van der Waals surface area contributed by atoms with E-state index in [4.69, 9.17) is 10.8 Å². The maximum absolute atomic E-state index is 13.2. The molecule has 1 unspecified atom stereocenters. The molecule has 4 N–H and O–H groups in total. The van der Waals surface area contributed by atoms with Crippen molar-refractivity contribution in [1.82, 2.24) is 5.32 Å². The Labute approximate surface area is 110 Å². The van der Waals surface area contributed by atoms with Crippen molar-refractivity contribution in [2.45, 2.75) is 26.8 Å². The minimum atomic E-state index is -1.14. The molecule has 0 bridgehead atoms. The van der Waals surface area contributed by atoms with Crippen molar-refractivity contribution in [2.75, 3.05) is 5.73 Å². The van der Waals surface area contributed by atoms with Crippen LogP contribution in [-0.2, 0) is 4.79 Å². The highest BCUT2D eigenvalue weighted by atomic mass is 19.1. The molecule has 1 aromatic carbocycles. The fraction of sp³-hybridized carbons (Fsp3) is 0.385. The van der Waals surface area contributed by atoms with Crippen LogP contribution in [0.4, 0.5) is 10.1 Å². The second-order valence-electron chi connectivity index (χ2n) is 5.35. The number of rotatable bonds is 3. The van der Waals surface area contributed by atoms with Gasteiger partial charge in [-0.05, 0) is 23.6 Å². The molecule has 6 heteroatoms. The van der Waals surface area contributed by atoms with Gasteiger partial charge in [0.2, 0.25) is 0 Å². The molecule has 0 radical (unpaired) electrons. The molecule has 0 saturated heterocycles. The fourth-order valence-corrected chi connectivity index (χ4v) is 1.53. The third-order valence-corrected chi connectivity index (χ3v) is 2.65. The third-order valence-electron chi connectivity index (χ3n) is 2.65. The Morgan fingerprint density at radius 1 is 1.37 bits per heavy atom. The van der Waals surface area contributed by atoms with Gasteiger partial charge in [-0.25, -0.2) is 9.18 Å². The van der Waals surface area contributed by atoms with Crippen LogP contribution in [0.2, 0.25) is 0 Å². The van der Waals surface area contributed by atoms with E-state index >= 15 is 0 Å². The summed E-state index contributed by atoms with van der Waals surface area (Å²) < 4.78 is 13.2. The van der Waals surface area contributed by atoms with Crippen molar-refractivity contribution in [2.24, 2.45) is 5.41 Å². The van der Waals surface area contributed by atoms with Gasteiger partial charge in [0.15, 0.2) is 0 Å². The van der Waals surface area contributed by atoms with Crippen LogP contribution in [-0.4, -0.2) is 23.0 Å². The van der Waals surface area contributed by atoms with Gasteiger partial charge in [-0.1, -0.05) is 20.8 Å². The molecule has 0 aromatic heterocycles. The van der Waals surface area contributed by atoms with Crippen LogP contribution in [0.5, 0.6) is 0 Å². The number of hydrogen-bond donors (Lipinski definition) is 3. The standard InChI is InChI=1S/C13H17FN2O3/c1-13(2,3)10(12(18)19)16-11(17)7-4-5-9(15)8(14)6-7/h4-6,10H,15H2,1-3H3,(H,16,17)(H,18,19). The van der Waals surface area contributed by atoms with Gasteiger partial charge in [0.05, 0.1) is 5.69 Å². The minimum Gasteiger partial charge on any atom is -0.480 e. The monoisotopic (exact) mass is 268 g/mol. The Hall–Kier alpha value is -2.11. The number of halogens is 1. The number of carboxylic acid groups (broad SMARTS) is 1. The first-order valence-electron chi connectivity index (χ1n) is 5.71. The van der Waals surface area contributed by atoms with E-state index in [1.807, 2.05) is 0 Å². The molecule has 104 valence electrons. The Morgan fingerprint density at radius 2 is 1.95 bits per heavy atom. The second kappa shape index (κ2) is 5.26. The summed E-state index contributed by atoms with van der Waals surface area (Å²) in [6.07, 6.45) is 0. The van der Waals surface area contributed by atoms with Gasteiger partial charge in [-0.2, -0.15) is 0 Å². The van der Waals surface area contributed by atoms with E-state index < -0.39 is 29.2 Å². The van der Waals surface area contributed by atoms with Crippen LogP contribution in [0.3, 0.4) is 0 Å². The van der Waals surface area contributed by atoms with Crippen LogP contribution >= 0.6 is 0 Å². The third kappa shape index (κ3) is 3.67. The number of nitrogens with one attached hydrogen (secondary N) is 1. The molecule has 1 amide bonds. The highest BCUT2D eigenvalue weighted by Crippen LogP contribution is 2.20. The molecule has 0 aliphatic carbocycles. The molecule has 5 nitrogen and oxygen atoms in total. The molecule has 1 aromatic rings. The largest absolute Gasteiger partial charge is 0.480 e. The predicted octanol–water partition coefficient (Wildman–Crippen LogP) is 1.64. The van der Waals surface area contributed by atoms with Crippen LogP contribution in [0.25, 0.3) is 0 Å². The van der Waals surface area contributed by atoms with E-state index in [9.17, 15) is 14.0 Å². The molecular weight excluding hydrogens is 251 g/mol. The van der Waals surface area contributed by atoms with Gasteiger partial charge in [0.25, 0.3) is 5.91 Å². The van der Waals surface area contributed by atoms with Crippen molar-refractivity contribution in [3.05, 3.63) is 29.6 Å². The number of anilines is 1. The molecule has 0 saturated carbocycles. The zero-order valence-corrected chi connectivity index (χ0v) is 11.0. The van der Waals surface area contributed by atoms with Gasteiger partial charge >= 0.3 is 5.97 Å². The van der Waals surface area contributed by atoms with Gasteiger partial charge in [0, 0.05) is 5.56 Å². The highest BCUT2D eigenvalue weighted by Gasteiger charge is 2.32. The highest BCUT2D eigenvalue weighted by molar-refractivity contribution is 5.97. The summed E-state index contributed by atoms with van der Waals surface area (Å²) in [4.78, 5) is 23.0. The first-order chi connectivity index (χ1) is 8.62. The molecule has 1 rings (SSSR count). The zero-order chi connectivity index (χ0) is 14.8. The molecule has 1 atom stereocenters. The van der Waals surface area contributed by atoms with E-state index in [0.29, 0.717) is 0 Å². The normalized spacial score (nSPS) is 12.8. The molecule has 0 heterocycles. The second-order valence-corrected chi connectivity index (χ2v) is 5.35. The van der Waals surface area contributed by atoms with E-state index in [2.05, 4.69) is 5.32 Å². The summed E-state index contributed by atoms with van der Waals surface area (Å²) in [7, 11) is 0. The number of nitrogens with two attached hydrogens (primary N) is 1. The molecular formula is C13H17FN2O3. The maximum atomic E-state index is 13.2. The number of aliphatic carboxylic acids is 1. The van der Waals surface area contributed by atoms with Crippen molar-refractivity contribution in [3.8, 4) is 0 Å². The average Bonchev–Trinajstić information content (AvgIpc) is 2.27. The molecule has 0 aliphatic heterocycles. The number of carboxylic acids is 1. The molecule has 0 fully saturated rings. The van der Waals surface area contributed by atoms with Crippen LogP contribution in [0.15, 0.2) is 18.2 Å². The molecule has 19 heavy (non-hydrogen) atoms. The smallest absolute Gasteiger partial charge is 0.326 e. The summed E-state index contributed by atoms with van der Waals surface area (Å²) in [5, 5.41) is 11.5. The van der Waals surface area contributed by atoms with Crippen LogP contribution < -0.4 is 11.1 Å². The fourth-order valence-electron chi connectivity index (χ4n) is 1.53. The molecule has 0 spiro atoms. The number of amides is 1. The number of hydrogen-bond acceptors (Lipinski definition) is 3. The lowest BCUT2D eigenvalue weighted by atomic mass is 9.86. The van der Waals surface area contributed by atoms with E-state index in [-0.39, 0.29) is 11.3 Å². The predicted molar refractivity (Wildman–Crippen MR) is 69.2 cm³/mol. The number of benzene rings is 1. The van der Waals surface area contributed by atoms with Crippen LogP contribution in [0.1, 0.15) is 31.1 Å². The number of carbonyl (C=O) groups is 2. The Kier molecular flexibility index (Phi) is 4.14. The van der Waals surface area contributed by atoms with Gasteiger partial charge < -0.3 is 16.2 Å². The van der Waals surface area contributed by atoms with Crippen molar-refractivity contribution in [1.29, 1.82) is 0 Å². The summed E-state index contributed by atoms with van der Waals surface area (Å²) in [6, 6.07) is 2.51. The first kappa shape index (κ1) is 14.9. The van der Waals surface area contributed by atoms with Gasteiger partial charge in [-0.3, -0.25) is 4.79 Å². The zero-order valence-electron chi connectivity index (χ0n) is 11.0. The van der Waals surface area contributed by atoms with E-state index in [1.54, 1.807) is 20.8 Å². The minimum absolute atomic E-state index is 0.0298. The van der Waals surface area contributed by atoms with Crippen molar-refractivity contribution < 1.29 is 19.1 Å². The summed E-state index contributed by atoms with van der Waals surface area (Å²) in [5.41, 5.74) is 4.61. The lowest BCUT2D eigenvalue weighted by Crippen LogP contribution is -2.49. The SMILES string of the molecule is CC(C)(C)C(NC(=O)c1ccc(N)c(F)c1)C(=O)O. The van der Waals surface area contributed by atoms with Gasteiger partial charge in [0.1, 0.15) is 11.9 Å². The number of carbonyl (C=O) groups excluding carboxylic acids is 1. The quantitative estimate of drug-likeness (QED) is 0.726. The summed E-state index contributed by atoms with van der Waals surface area (Å²) in [5.74, 6) is -2.51. The Balaban J connectivity index is 2.94. The molecule has 0 aliphatic rings. The first-order valence-corrected chi connectivity index (χ1v) is 5.71. The lowest BCUT2D eigenvalue weighted by Gasteiger charge is -2.27. The van der Waals surface area contributed by atoms with E-state index in [1.165, 1.54) is 12.1 Å². The topological polar surface area (TPSA) is 92.4 Å². The maximum Gasteiger partial charge on any atom is 0.326 e. The van der Waals surface area contributed by atoms with Crippen molar-refractivity contribution >= 4 is 17.6 Å².